The Hall–Kier alpha value is -0.730. The molecule has 0 aromatic heterocycles. The van der Waals surface area contributed by atoms with E-state index in [0.29, 0.717) is 0 Å². The summed E-state index contributed by atoms with van der Waals surface area (Å²) in [5.41, 5.74) is -0.663. The molecule has 1 aromatic rings. The molecule has 1 aromatic carbocycles. The van der Waals surface area contributed by atoms with E-state index < -0.39 is 27.3 Å². The first-order valence-electron chi connectivity index (χ1n) is 4.65. The fourth-order valence-corrected chi connectivity index (χ4v) is 2.57. The number of sulfonamides is 1. The van der Waals surface area contributed by atoms with Crippen molar-refractivity contribution in [3.63, 3.8) is 0 Å². The lowest BCUT2D eigenvalue weighted by molar-refractivity contribution is 0.581. The van der Waals surface area contributed by atoms with Crippen LogP contribution in [0.5, 0.6) is 0 Å². The summed E-state index contributed by atoms with van der Waals surface area (Å²) in [7, 11) is -2.18. The Bertz CT molecular complexity index is 485. The average Bonchev–Trinajstić information content (AvgIpc) is 2.21. The molecule has 0 aliphatic rings. The van der Waals surface area contributed by atoms with Gasteiger partial charge in [-0.2, -0.15) is 0 Å². The van der Waals surface area contributed by atoms with Crippen LogP contribution in [-0.2, 0) is 10.0 Å². The van der Waals surface area contributed by atoms with E-state index in [0.717, 1.165) is 12.1 Å². The van der Waals surface area contributed by atoms with Crippen LogP contribution in [0.3, 0.4) is 0 Å². The van der Waals surface area contributed by atoms with Gasteiger partial charge in [-0.3, -0.25) is 4.72 Å². The topological polar surface area (TPSA) is 58.2 Å². The lowest BCUT2D eigenvalue weighted by Crippen LogP contribution is -2.25. The van der Waals surface area contributed by atoms with Gasteiger partial charge in [0, 0.05) is 11.0 Å². The third kappa shape index (κ3) is 4.21. The van der Waals surface area contributed by atoms with Crippen LogP contribution in [0.15, 0.2) is 16.6 Å². The van der Waals surface area contributed by atoms with Crippen LogP contribution < -0.4 is 10.0 Å². The zero-order valence-electron chi connectivity index (χ0n) is 8.93. The predicted molar refractivity (Wildman–Crippen MR) is 65.4 cm³/mol. The summed E-state index contributed by atoms with van der Waals surface area (Å²) >= 11 is 2.90. The average molecular weight is 329 g/mol. The molecule has 8 heteroatoms. The maximum absolute atomic E-state index is 13.4. The normalized spacial score (nSPS) is 11.5. The van der Waals surface area contributed by atoms with Crippen LogP contribution in [0.4, 0.5) is 14.5 Å². The van der Waals surface area contributed by atoms with E-state index in [9.17, 15) is 17.2 Å². The summed E-state index contributed by atoms with van der Waals surface area (Å²) in [5, 5.41) is 2.63. The molecule has 0 spiro atoms. The Morgan fingerprint density at radius 3 is 2.29 bits per heavy atom. The summed E-state index contributed by atoms with van der Waals surface area (Å²) in [6, 6.07) is 1.97. The molecule has 4 nitrogen and oxygen atoms in total. The van der Waals surface area contributed by atoms with Crippen molar-refractivity contribution in [2.75, 3.05) is 24.1 Å². The summed E-state index contributed by atoms with van der Waals surface area (Å²) in [4.78, 5) is 0. The van der Waals surface area contributed by atoms with Gasteiger partial charge in [0.1, 0.15) is 5.69 Å². The lowest BCUT2D eigenvalue weighted by atomic mass is 10.3. The van der Waals surface area contributed by atoms with Gasteiger partial charge in [0.25, 0.3) is 0 Å². The summed E-state index contributed by atoms with van der Waals surface area (Å²) in [6.45, 7) is 0.190. The molecule has 0 bridgehead atoms. The lowest BCUT2D eigenvalue weighted by Gasteiger charge is -2.09. The molecule has 0 fully saturated rings. The van der Waals surface area contributed by atoms with Crippen molar-refractivity contribution in [3.05, 3.63) is 28.2 Å². The number of hydrogen-bond donors (Lipinski definition) is 2. The Morgan fingerprint density at radius 2 is 1.82 bits per heavy atom. The van der Waals surface area contributed by atoms with Crippen molar-refractivity contribution < 1.29 is 17.2 Å². The van der Waals surface area contributed by atoms with Crippen molar-refractivity contribution in [1.82, 2.24) is 5.32 Å². The standard InChI is InChI=1S/C9H11BrF2N2O2S/c1-13-2-3-17(15,16)14-9-7(11)4-6(10)5-8(9)12/h4-5,13-14H,2-3H2,1H3. The highest BCUT2D eigenvalue weighted by Crippen LogP contribution is 2.24. The summed E-state index contributed by atoms with van der Waals surface area (Å²) in [6.07, 6.45) is 0. The minimum absolute atomic E-state index is 0.190. The molecule has 1 rings (SSSR count). The number of benzene rings is 1. The second-order valence-corrected chi connectivity index (χ2v) is 6.03. The quantitative estimate of drug-likeness (QED) is 0.864. The Kier molecular flexibility index (Phi) is 4.84. The summed E-state index contributed by atoms with van der Waals surface area (Å²) < 4.78 is 51.7. The molecular formula is C9H11BrF2N2O2S. The highest BCUT2D eigenvalue weighted by molar-refractivity contribution is 9.10. The number of halogens is 3. The largest absolute Gasteiger partial charge is 0.319 e. The van der Waals surface area contributed by atoms with E-state index in [-0.39, 0.29) is 16.8 Å². The third-order valence-corrected chi connectivity index (χ3v) is 3.60. The molecule has 0 aliphatic carbocycles. The molecule has 96 valence electrons. The smallest absolute Gasteiger partial charge is 0.234 e. The Balaban J connectivity index is 2.96. The summed E-state index contributed by atoms with van der Waals surface area (Å²) in [5.74, 6) is -2.20. The monoisotopic (exact) mass is 328 g/mol. The van der Waals surface area contributed by atoms with E-state index in [1.165, 1.54) is 0 Å². The minimum Gasteiger partial charge on any atom is -0.319 e. The molecular weight excluding hydrogens is 318 g/mol. The number of nitrogens with one attached hydrogen (secondary N) is 2. The predicted octanol–water partition coefficient (Wildman–Crippen LogP) is 1.69. The molecule has 0 saturated heterocycles. The second-order valence-electron chi connectivity index (χ2n) is 3.27. The van der Waals surface area contributed by atoms with E-state index >= 15 is 0 Å². The van der Waals surface area contributed by atoms with Crippen molar-refractivity contribution in [3.8, 4) is 0 Å². The van der Waals surface area contributed by atoms with Crippen molar-refractivity contribution in [1.29, 1.82) is 0 Å². The van der Waals surface area contributed by atoms with E-state index in [4.69, 9.17) is 0 Å². The van der Waals surface area contributed by atoms with Gasteiger partial charge in [0.2, 0.25) is 10.0 Å². The van der Waals surface area contributed by atoms with Gasteiger partial charge in [0.05, 0.1) is 5.75 Å². The van der Waals surface area contributed by atoms with Crippen LogP contribution >= 0.6 is 15.9 Å². The number of rotatable bonds is 5. The first-order chi connectivity index (χ1) is 7.85. The van der Waals surface area contributed by atoms with Gasteiger partial charge in [-0.1, -0.05) is 15.9 Å². The van der Waals surface area contributed by atoms with E-state index in [1.54, 1.807) is 7.05 Å². The van der Waals surface area contributed by atoms with Crippen LogP contribution in [0, 0.1) is 11.6 Å². The van der Waals surface area contributed by atoms with Crippen molar-refractivity contribution >= 4 is 31.6 Å². The molecule has 0 heterocycles. The minimum atomic E-state index is -3.76. The fraction of sp³-hybridized carbons (Fsp3) is 0.333. The molecule has 0 aliphatic heterocycles. The zero-order valence-corrected chi connectivity index (χ0v) is 11.3. The van der Waals surface area contributed by atoms with Gasteiger partial charge >= 0.3 is 0 Å². The van der Waals surface area contributed by atoms with E-state index in [2.05, 4.69) is 21.2 Å². The molecule has 0 unspecified atom stereocenters. The van der Waals surface area contributed by atoms with E-state index in [1.807, 2.05) is 4.72 Å². The second kappa shape index (κ2) is 5.74. The van der Waals surface area contributed by atoms with Gasteiger partial charge in [-0.25, -0.2) is 17.2 Å². The molecule has 0 atom stereocenters. The molecule has 0 radical (unpaired) electrons. The van der Waals surface area contributed by atoms with Gasteiger partial charge in [-0.15, -0.1) is 0 Å². The zero-order chi connectivity index (χ0) is 13.1. The van der Waals surface area contributed by atoms with Gasteiger partial charge < -0.3 is 5.32 Å². The van der Waals surface area contributed by atoms with Crippen molar-refractivity contribution in [2.45, 2.75) is 0 Å². The first-order valence-corrected chi connectivity index (χ1v) is 7.10. The van der Waals surface area contributed by atoms with Crippen LogP contribution in [0.1, 0.15) is 0 Å². The SMILES string of the molecule is CNCCS(=O)(=O)Nc1c(F)cc(Br)cc1F. The fourth-order valence-electron chi connectivity index (χ4n) is 1.08. The highest BCUT2D eigenvalue weighted by atomic mass is 79.9. The maximum atomic E-state index is 13.4. The molecule has 0 saturated carbocycles. The molecule has 2 N–H and O–H groups in total. The Labute approximate surface area is 107 Å². The van der Waals surface area contributed by atoms with Crippen LogP contribution in [0.2, 0.25) is 0 Å². The Morgan fingerprint density at radius 1 is 1.29 bits per heavy atom. The maximum Gasteiger partial charge on any atom is 0.234 e. The van der Waals surface area contributed by atoms with Crippen molar-refractivity contribution in [2.24, 2.45) is 0 Å². The highest BCUT2D eigenvalue weighted by Gasteiger charge is 2.17. The van der Waals surface area contributed by atoms with Crippen LogP contribution in [-0.4, -0.2) is 27.8 Å². The first kappa shape index (κ1) is 14.3. The molecule has 0 amide bonds. The number of anilines is 1. The molecule has 17 heavy (non-hydrogen) atoms. The third-order valence-electron chi connectivity index (χ3n) is 1.89. The number of hydrogen-bond acceptors (Lipinski definition) is 3. The van der Waals surface area contributed by atoms with Gasteiger partial charge in [-0.05, 0) is 19.2 Å². The van der Waals surface area contributed by atoms with Crippen LogP contribution in [0.25, 0.3) is 0 Å². The van der Waals surface area contributed by atoms with Gasteiger partial charge in [0.15, 0.2) is 11.6 Å².